The number of thioether (sulfide) groups is 11. The zero-order valence-electron chi connectivity index (χ0n) is 20.3. The molecule has 1 atom stereocenters. The maximum absolute atomic E-state index is 11.9. The molecule has 0 amide bonds. The van der Waals surface area contributed by atoms with Crippen molar-refractivity contribution in [2.75, 3.05) is 81.3 Å². The lowest BCUT2D eigenvalue weighted by Gasteiger charge is -2.08. The normalized spacial score (nSPS) is 12.1. The number of hydrogen-bond acceptors (Lipinski definition) is 16. The highest BCUT2D eigenvalue weighted by Gasteiger charge is 2.06. The number of aliphatic hydroxyl groups excluding tert-OH is 1. The van der Waals surface area contributed by atoms with Gasteiger partial charge in [-0.25, -0.2) is 0 Å². The maximum Gasteiger partial charge on any atom is 0.316 e. The molecular weight excluding hydrogens is 693 g/mol. The van der Waals surface area contributed by atoms with Crippen LogP contribution in [0, 0.1) is 0 Å². The van der Waals surface area contributed by atoms with Gasteiger partial charge in [0.2, 0.25) is 0 Å². The van der Waals surface area contributed by atoms with Gasteiger partial charge in [-0.05, 0) is 17.6 Å². The van der Waals surface area contributed by atoms with Crippen LogP contribution in [0.2, 0.25) is 0 Å². The Morgan fingerprint density at radius 2 is 1.31 bits per heavy atom. The van der Waals surface area contributed by atoms with Crippen molar-refractivity contribution in [3.05, 3.63) is 0 Å². The summed E-state index contributed by atoms with van der Waals surface area (Å²) in [5.74, 6) is 3.80. The lowest BCUT2D eigenvalue weighted by molar-refractivity contribution is -0.138. The van der Waals surface area contributed by atoms with Crippen molar-refractivity contribution >= 4 is 152 Å². The molecule has 0 bridgehead atoms. The summed E-state index contributed by atoms with van der Waals surface area (Å²) in [6.07, 6.45) is 0.986. The van der Waals surface area contributed by atoms with Crippen molar-refractivity contribution in [1.82, 2.24) is 0 Å². The Bertz CT molecular complexity index is 509. The average Bonchev–Trinajstić information content (AvgIpc) is 2.86. The van der Waals surface area contributed by atoms with Crippen molar-refractivity contribution in [2.24, 2.45) is 0 Å². The van der Waals surface area contributed by atoms with E-state index in [4.69, 9.17) is 9.84 Å². The van der Waals surface area contributed by atoms with E-state index in [0.29, 0.717) is 17.4 Å². The van der Waals surface area contributed by atoms with E-state index < -0.39 is 11.2 Å². The molecule has 0 fully saturated rings. The average molecular weight is 729 g/mol. The van der Waals surface area contributed by atoms with Gasteiger partial charge in [0.05, 0.1) is 17.4 Å². The molecule has 1 N–H and O–H groups in total. The van der Waals surface area contributed by atoms with Gasteiger partial charge >= 0.3 is 5.97 Å². The van der Waals surface area contributed by atoms with Crippen LogP contribution in [-0.4, -0.2) is 102 Å². The van der Waals surface area contributed by atoms with Crippen LogP contribution in [0.1, 0.15) is 13.3 Å². The molecule has 0 aromatic rings. The summed E-state index contributed by atoms with van der Waals surface area (Å²) in [5, 5.41) is 16.2. The molecule has 0 heterocycles. The zero-order chi connectivity index (χ0) is 26.5. The van der Waals surface area contributed by atoms with Crippen LogP contribution >= 0.6 is 129 Å². The molecule has 5 nitrogen and oxygen atoms in total. The van der Waals surface area contributed by atoms with Crippen LogP contribution < -0.4 is 0 Å². The van der Waals surface area contributed by atoms with Gasteiger partial charge in [0.1, 0.15) is 11.7 Å². The number of carbonyl (C=O) groups excluding carboxylic acids is 2. The Hall–Kier alpha value is 3.26. The topological polar surface area (TPSA) is 86.7 Å². The van der Waals surface area contributed by atoms with E-state index in [1.807, 2.05) is 23.5 Å². The summed E-state index contributed by atoms with van der Waals surface area (Å²) in [5.41, 5.74) is 0. The van der Waals surface area contributed by atoms with Gasteiger partial charge in [0, 0.05) is 47.1 Å². The van der Waals surface area contributed by atoms with Gasteiger partial charge < -0.3 is 14.4 Å². The summed E-state index contributed by atoms with van der Waals surface area (Å²) < 4.78 is 16.7. The van der Waals surface area contributed by atoms with Crippen LogP contribution in [0.15, 0.2) is 0 Å². The molecule has 214 valence electrons. The molecule has 0 aliphatic carbocycles. The van der Waals surface area contributed by atoms with Gasteiger partial charge in [0.15, 0.2) is 10.2 Å². The van der Waals surface area contributed by atoms with Crippen LogP contribution in [0.4, 0.5) is 0 Å². The van der Waals surface area contributed by atoms with E-state index in [2.05, 4.69) is 6.92 Å². The Kier molecular flexibility index (Phi) is 35.7. The third kappa shape index (κ3) is 31.8. The minimum Gasteiger partial charge on any atom is -0.616 e. The van der Waals surface area contributed by atoms with E-state index in [-0.39, 0.29) is 17.0 Å². The molecule has 0 aliphatic rings. The minimum absolute atomic E-state index is 0.133. The fraction of sp³-hybridized carbons (Fsp3) is 0.895. The van der Waals surface area contributed by atoms with Gasteiger partial charge in [-0.1, -0.05) is 30.4 Å². The lowest BCUT2D eigenvalue weighted by atomic mass is 10.6. The molecule has 0 aromatic heterocycles. The smallest absolute Gasteiger partial charge is 0.316 e. The van der Waals surface area contributed by atoms with E-state index >= 15 is 0 Å². The Morgan fingerprint density at radius 3 is 1.94 bits per heavy atom. The first-order valence-corrected chi connectivity index (χ1v) is 24.7. The minimum atomic E-state index is -0.666. The fourth-order valence-corrected chi connectivity index (χ4v) is 15.5. The predicted octanol–water partition coefficient (Wildman–Crippen LogP) is 6.85. The second-order valence-corrected chi connectivity index (χ2v) is 21.6. The predicted molar refractivity (Wildman–Crippen MR) is 188 cm³/mol. The van der Waals surface area contributed by atoms with Crippen molar-refractivity contribution in [1.29, 1.82) is 0 Å². The van der Waals surface area contributed by atoms with Crippen molar-refractivity contribution in [3.8, 4) is 0 Å². The standard InChI is InChI=1S/C19H36O5S12/c1-2-5-36(23)17-34-15-32-13-31-14-33-16-35-19(22)7-28-11-30-12-29-10-27-6-18(21)24-9-26-4-3-25-8-20/h20H,2-17H2,1H3. The van der Waals surface area contributed by atoms with Crippen molar-refractivity contribution in [3.63, 3.8) is 0 Å². The maximum atomic E-state index is 11.9. The summed E-state index contributed by atoms with van der Waals surface area (Å²) in [4.78, 5) is 23.6. The van der Waals surface area contributed by atoms with Crippen molar-refractivity contribution < 1.29 is 24.0 Å². The molecule has 0 rings (SSSR count). The zero-order valence-corrected chi connectivity index (χ0v) is 30.1. The van der Waals surface area contributed by atoms with Crippen LogP contribution in [-0.2, 0) is 25.5 Å². The highest BCUT2D eigenvalue weighted by Crippen LogP contribution is 2.25. The molecule has 0 aliphatic heterocycles. The second kappa shape index (κ2) is 32.8. The van der Waals surface area contributed by atoms with E-state index in [1.54, 1.807) is 82.3 Å². The first-order chi connectivity index (χ1) is 17.6. The quantitative estimate of drug-likeness (QED) is 0.0394. The van der Waals surface area contributed by atoms with Crippen LogP contribution in [0.3, 0.4) is 0 Å². The number of esters is 1. The van der Waals surface area contributed by atoms with Crippen LogP contribution in [0.5, 0.6) is 0 Å². The highest BCUT2D eigenvalue weighted by atomic mass is 32.3. The number of hydrogen-bond donors (Lipinski definition) is 1. The molecule has 0 aromatic carbocycles. The monoisotopic (exact) mass is 728 g/mol. The Labute approximate surface area is 267 Å². The lowest BCUT2D eigenvalue weighted by Crippen LogP contribution is -2.07. The Morgan fingerprint density at radius 1 is 0.750 bits per heavy atom. The van der Waals surface area contributed by atoms with E-state index in [0.717, 1.165) is 64.4 Å². The van der Waals surface area contributed by atoms with Gasteiger partial charge in [0.25, 0.3) is 0 Å². The number of rotatable bonds is 28. The Balaban J connectivity index is 3.27. The van der Waals surface area contributed by atoms with Gasteiger partial charge in [-0.15, -0.1) is 106 Å². The van der Waals surface area contributed by atoms with E-state index in [9.17, 15) is 14.1 Å². The fourth-order valence-electron chi connectivity index (χ4n) is 1.73. The van der Waals surface area contributed by atoms with Gasteiger partial charge in [-0.3, -0.25) is 9.59 Å². The summed E-state index contributed by atoms with van der Waals surface area (Å²) in [6, 6.07) is 0. The molecule has 0 saturated heterocycles. The number of aliphatic hydroxyl groups is 1. The molecule has 17 heteroatoms. The number of carbonyl (C=O) groups is 2. The largest absolute Gasteiger partial charge is 0.616 e. The first-order valence-electron chi connectivity index (χ1n) is 10.6. The molecule has 36 heavy (non-hydrogen) atoms. The van der Waals surface area contributed by atoms with Gasteiger partial charge in [-0.2, -0.15) is 0 Å². The molecule has 1 unspecified atom stereocenters. The van der Waals surface area contributed by atoms with Crippen molar-refractivity contribution in [2.45, 2.75) is 13.3 Å². The third-order valence-electron chi connectivity index (χ3n) is 3.16. The summed E-state index contributed by atoms with van der Waals surface area (Å²) in [7, 11) is 0. The summed E-state index contributed by atoms with van der Waals surface area (Å²) >= 11 is 17.9. The first kappa shape index (κ1) is 39.3. The second-order valence-electron chi connectivity index (χ2n) is 6.10. The molecule has 0 spiro atoms. The number of ether oxygens (including phenoxy) is 1. The molecule has 0 radical (unpaired) electrons. The SMILES string of the molecule is CCC[S+]([O-])CSCSCSCSCSC(=O)CSCSCSCSCC(=O)OCSCCSCO. The third-order valence-corrected chi connectivity index (χ3v) is 18.1. The van der Waals surface area contributed by atoms with Crippen LogP contribution in [0.25, 0.3) is 0 Å². The summed E-state index contributed by atoms with van der Waals surface area (Å²) in [6.45, 7) is 2.06. The molecule has 0 saturated carbocycles. The van der Waals surface area contributed by atoms with E-state index in [1.165, 1.54) is 23.5 Å². The highest BCUT2D eigenvalue weighted by molar-refractivity contribution is 8.31. The molecular formula is C19H36O5S12.